The third-order valence-corrected chi connectivity index (χ3v) is 3.08. The van der Waals surface area contributed by atoms with Crippen LogP contribution in [0, 0.1) is 0 Å². The normalized spacial score (nSPS) is 12.8. The first-order valence-corrected chi connectivity index (χ1v) is 5.96. The highest BCUT2D eigenvalue weighted by Crippen LogP contribution is 2.31. The van der Waals surface area contributed by atoms with Crippen LogP contribution in [0.5, 0.6) is 0 Å². The Kier molecular flexibility index (Phi) is 2.61. The molecule has 18 heavy (non-hydrogen) atoms. The second kappa shape index (κ2) is 4.27. The van der Waals surface area contributed by atoms with Crippen LogP contribution in [0.25, 0.3) is 22.2 Å². The van der Waals surface area contributed by atoms with Crippen molar-refractivity contribution in [2.45, 2.75) is 13.0 Å². The highest BCUT2D eigenvalue weighted by molar-refractivity contribution is 5.92. The molecule has 1 unspecified atom stereocenters. The molecule has 0 bridgehead atoms. The van der Waals surface area contributed by atoms with Crippen molar-refractivity contribution in [3.8, 4) is 11.3 Å². The summed E-state index contributed by atoms with van der Waals surface area (Å²) in [4.78, 5) is 0. The number of fused-ring (bicyclic) bond motifs is 1. The van der Waals surface area contributed by atoms with Crippen LogP contribution in [0.4, 0.5) is 0 Å². The molecule has 0 aliphatic heterocycles. The topological polar surface area (TPSA) is 52.0 Å². The zero-order valence-corrected chi connectivity index (χ0v) is 10.1. The minimum absolute atomic E-state index is 0.0309. The summed E-state index contributed by atoms with van der Waals surface area (Å²) in [5, 5.41) is 5.20. The lowest BCUT2D eigenvalue weighted by atomic mass is 9.98. The highest BCUT2D eigenvalue weighted by atomic mass is 16.5. The number of para-hydroxylation sites is 1. The van der Waals surface area contributed by atoms with Gasteiger partial charge in [0.15, 0.2) is 5.58 Å². The molecule has 0 radical (unpaired) electrons. The Morgan fingerprint density at radius 3 is 2.61 bits per heavy atom. The largest absolute Gasteiger partial charge is 0.356 e. The zero-order valence-electron chi connectivity index (χ0n) is 10.1. The van der Waals surface area contributed by atoms with E-state index in [2.05, 4.69) is 5.16 Å². The number of hydrogen-bond donors (Lipinski definition) is 1. The molecule has 0 saturated carbocycles. The van der Waals surface area contributed by atoms with Gasteiger partial charge in [-0.25, -0.2) is 0 Å². The Bertz CT molecular complexity index is 686. The molecule has 3 nitrogen and oxygen atoms in total. The van der Waals surface area contributed by atoms with Crippen LogP contribution in [-0.2, 0) is 0 Å². The monoisotopic (exact) mass is 238 g/mol. The molecule has 0 fully saturated rings. The van der Waals surface area contributed by atoms with Crippen molar-refractivity contribution in [1.29, 1.82) is 0 Å². The number of rotatable bonds is 2. The molecule has 2 N–H and O–H groups in total. The van der Waals surface area contributed by atoms with E-state index in [-0.39, 0.29) is 6.04 Å². The number of hydrogen-bond acceptors (Lipinski definition) is 3. The predicted octanol–water partition coefficient (Wildman–Crippen LogP) is 3.51. The second-order valence-electron chi connectivity index (χ2n) is 4.40. The number of nitrogens with zero attached hydrogens (tertiary/aromatic N) is 1. The molecule has 1 atom stereocenters. The summed E-state index contributed by atoms with van der Waals surface area (Å²) >= 11 is 0. The Morgan fingerprint density at radius 2 is 1.78 bits per heavy atom. The van der Waals surface area contributed by atoms with Gasteiger partial charge in [0.2, 0.25) is 0 Å². The molecule has 1 heterocycles. The first-order valence-electron chi connectivity index (χ1n) is 5.96. The lowest BCUT2D eigenvalue weighted by molar-refractivity contribution is 0.459. The van der Waals surface area contributed by atoms with Gasteiger partial charge in [0, 0.05) is 17.0 Å². The SMILES string of the molecule is CC(N)c1ccccc1-c1noc2ccccc12. The minimum Gasteiger partial charge on any atom is -0.356 e. The van der Waals surface area contributed by atoms with Crippen molar-refractivity contribution in [2.24, 2.45) is 5.73 Å². The molecule has 0 amide bonds. The molecule has 3 rings (SSSR count). The van der Waals surface area contributed by atoms with Crippen LogP contribution in [0.2, 0.25) is 0 Å². The highest BCUT2D eigenvalue weighted by Gasteiger charge is 2.14. The van der Waals surface area contributed by atoms with E-state index >= 15 is 0 Å². The van der Waals surface area contributed by atoms with E-state index in [1.54, 1.807) is 0 Å². The average molecular weight is 238 g/mol. The third kappa shape index (κ3) is 1.69. The Labute approximate surface area is 105 Å². The van der Waals surface area contributed by atoms with E-state index in [1.165, 1.54) is 0 Å². The van der Waals surface area contributed by atoms with Crippen molar-refractivity contribution in [2.75, 3.05) is 0 Å². The van der Waals surface area contributed by atoms with Gasteiger partial charge in [-0.15, -0.1) is 0 Å². The van der Waals surface area contributed by atoms with Gasteiger partial charge in [-0.05, 0) is 24.6 Å². The molecule has 0 aliphatic carbocycles. The van der Waals surface area contributed by atoms with Crippen molar-refractivity contribution in [3.63, 3.8) is 0 Å². The number of benzene rings is 2. The van der Waals surface area contributed by atoms with Crippen molar-refractivity contribution < 1.29 is 4.52 Å². The Morgan fingerprint density at radius 1 is 1.06 bits per heavy atom. The fourth-order valence-electron chi connectivity index (χ4n) is 2.19. The first-order chi connectivity index (χ1) is 8.77. The summed E-state index contributed by atoms with van der Waals surface area (Å²) in [6.45, 7) is 1.97. The fraction of sp³-hybridized carbons (Fsp3) is 0.133. The summed E-state index contributed by atoms with van der Waals surface area (Å²) in [5.74, 6) is 0. The van der Waals surface area contributed by atoms with Crippen LogP contribution in [0.1, 0.15) is 18.5 Å². The molecule has 0 aliphatic rings. The maximum atomic E-state index is 6.01. The van der Waals surface area contributed by atoms with Crippen LogP contribution in [-0.4, -0.2) is 5.16 Å². The lowest BCUT2D eigenvalue weighted by Gasteiger charge is -2.10. The van der Waals surface area contributed by atoms with Gasteiger partial charge >= 0.3 is 0 Å². The summed E-state index contributed by atoms with van der Waals surface area (Å²) in [5.41, 5.74) is 9.78. The molecular weight excluding hydrogens is 224 g/mol. The number of nitrogens with two attached hydrogens (primary N) is 1. The first kappa shape index (κ1) is 11.0. The van der Waals surface area contributed by atoms with Crippen molar-refractivity contribution >= 4 is 11.0 Å². The molecule has 1 aromatic heterocycles. The maximum absolute atomic E-state index is 6.01. The van der Waals surface area contributed by atoms with Gasteiger partial charge in [0.25, 0.3) is 0 Å². The van der Waals surface area contributed by atoms with Crippen molar-refractivity contribution in [1.82, 2.24) is 5.16 Å². The average Bonchev–Trinajstić information content (AvgIpc) is 2.82. The van der Waals surface area contributed by atoms with Gasteiger partial charge in [-0.2, -0.15) is 0 Å². The van der Waals surface area contributed by atoms with E-state index in [9.17, 15) is 0 Å². The fourth-order valence-corrected chi connectivity index (χ4v) is 2.19. The van der Waals surface area contributed by atoms with E-state index in [1.807, 2.05) is 55.5 Å². The van der Waals surface area contributed by atoms with Gasteiger partial charge in [0.1, 0.15) is 5.69 Å². The smallest absolute Gasteiger partial charge is 0.167 e. The summed E-state index contributed by atoms with van der Waals surface area (Å²) in [6, 6.07) is 15.9. The quantitative estimate of drug-likeness (QED) is 0.743. The van der Waals surface area contributed by atoms with Gasteiger partial charge < -0.3 is 10.3 Å². The second-order valence-corrected chi connectivity index (χ2v) is 4.40. The van der Waals surface area contributed by atoms with Crippen LogP contribution in [0.15, 0.2) is 53.1 Å². The van der Waals surface area contributed by atoms with E-state index in [4.69, 9.17) is 10.3 Å². The minimum atomic E-state index is -0.0309. The van der Waals surface area contributed by atoms with Gasteiger partial charge in [-0.3, -0.25) is 0 Å². The van der Waals surface area contributed by atoms with Crippen LogP contribution >= 0.6 is 0 Å². The standard InChI is InChI=1S/C15H14N2O/c1-10(16)11-6-2-3-7-12(11)15-13-8-4-5-9-14(13)18-17-15/h2-10H,16H2,1H3. The van der Waals surface area contributed by atoms with Crippen LogP contribution in [0.3, 0.4) is 0 Å². The van der Waals surface area contributed by atoms with E-state index in [0.29, 0.717) is 0 Å². The zero-order chi connectivity index (χ0) is 12.5. The van der Waals surface area contributed by atoms with Gasteiger partial charge in [-0.1, -0.05) is 41.6 Å². The van der Waals surface area contributed by atoms with Crippen molar-refractivity contribution in [3.05, 3.63) is 54.1 Å². The molecule has 3 heteroatoms. The summed E-state index contributed by atoms with van der Waals surface area (Å²) in [7, 11) is 0. The molecule has 0 spiro atoms. The summed E-state index contributed by atoms with van der Waals surface area (Å²) in [6.07, 6.45) is 0. The number of aromatic nitrogens is 1. The van der Waals surface area contributed by atoms with Crippen LogP contribution < -0.4 is 5.73 Å². The predicted molar refractivity (Wildman–Crippen MR) is 72.0 cm³/mol. The molecular formula is C15H14N2O. The molecule has 0 saturated heterocycles. The van der Waals surface area contributed by atoms with E-state index in [0.717, 1.165) is 27.8 Å². The Hall–Kier alpha value is -2.13. The van der Waals surface area contributed by atoms with E-state index < -0.39 is 0 Å². The summed E-state index contributed by atoms with van der Waals surface area (Å²) < 4.78 is 5.35. The molecule has 90 valence electrons. The molecule has 3 aromatic rings. The van der Waals surface area contributed by atoms with Gasteiger partial charge in [0.05, 0.1) is 0 Å². The molecule has 2 aromatic carbocycles. The lowest BCUT2D eigenvalue weighted by Crippen LogP contribution is -2.06. The Balaban J connectivity index is 2.27. The third-order valence-electron chi connectivity index (χ3n) is 3.08. The maximum Gasteiger partial charge on any atom is 0.167 e.